The molecule has 8 heteroatoms. The largest absolute Gasteiger partial charge is 0.384 e. The van der Waals surface area contributed by atoms with E-state index in [9.17, 15) is 13.9 Å². The Hall–Kier alpha value is -1.83. The van der Waals surface area contributed by atoms with Crippen molar-refractivity contribution in [2.24, 2.45) is 0 Å². The third-order valence-corrected chi connectivity index (χ3v) is 2.43. The van der Waals surface area contributed by atoms with Crippen LogP contribution in [-0.2, 0) is 12.1 Å². The molecule has 98 valence electrons. The predicted octanol–water partition coefficient (Wildman–Crippen LogP) is 1.15. The van der Waals surface area contributed by atoms with Crippen LogP contribution in [0, 0.1) is 0 Å². The molecule has 0 radical (unpaired) electrons. The highest BCUT2D eigenvalue weighted by molar-refractivity contribution is 5.04. The number of halogens is 2. The Morgan fingerprint density at radius 2 is 2.17 bits per heavy atom. The van der Waals surface area contributed by atoms with Gasteiger partial charge in [0.05, 0.1) is 6.20 Å². The summed E-state index contributed by atoms with van der Waals surface area (Å²) in [4.78, 5) is 3.84. The number of aromatic nitrogens is 5. The summed E-state index contributed by atoms with van der Waals surface area (Å²) in [5.41, 5.74) is -0.742. The van der Waals surface area contributed by atoms with Crippen LogP contribution in [0.5, 0.6) is 0 Å². The van der Waals surface area contributed by atoms with E-state index >= 15 is 0 Å². The van der Waals surface area contributed by atoms with Gasteiger partial charge in [0.15, 0.2) is 0 Å². The van der Waals surface area contributed by atoms with Gasteiger partial charge < -0.3 is 5.11 Å². The SMILES string of the molecule is CC(C)(O)c1cn(Cc2nccn2C(F)F)nn1. The van der Waals surface area contributed by atoms with E-state index in [1.807, 2.05) is 0 Å². The number of hydrogen-bond acceptors (Lipinski definition) is 4. The van der Waals surface area contributed by atoms with E-state index in [0.717, 1.165) is 4.57 Å². The molecule has 2 rings (SSSR count). The molecule has 0 aliphatic heterocycles. The van der Waals surface area contributed by atoms with E-state index in [-0.39, 0.29) is 12.4 Å². The Morgan fingerprint density at radius 3 is 2.72 bits per heavy atom. The van der Waals surface area contributed by atoms with Gasteiger partial charge in [0.1, 0.15) is 23.7 Å². The van der Waals surface area contributed by atoms with Gasteiger partial charge >= 0.3 is 6.55 Å². The monoisotopic (exact) mass is 257 g/mol. The number of aliphatic hydroxyl groups is 1. The summed E-state index contributed by atoms with van der Waals surface area (Å²) >= 11 is 0. The van der Waals surface area contributed by atoms with Gasteiger partial charge in [-0.3, -0.25) is 4.57 Å². The van der Waals surface area contributed by atoms with Crippen LogP contribution < -0.4 is 0 Å². The second kappa shape index (κ2) is 4.45. The minimum atomic E-state index is -2.64. The lowest BCUT2D eigenvalue weighted by molar-refractivity contribution is 0.0664. The lowest BCUT2D eigenvalue weighted by Crippen LogP contribution is -2.16. The van der Waals surface area contributed by atoms with Crippen LogP contribution in [0.4, 0.5) is 8.78 Å². The predicted molar refractivity (Wildman–Crippen MR) is 57.8 cm³/mol. The Labute approximate surface area is 102 Å². The smallest absolute Gasteiger partial charge is 0.319 e. The van der Waals surface area contributed by atoms with Crippen molar-refractivity contribution >= 4 is 0 Å². The minimum Gasteiger partial charge on any atom is -0.384 e. The van der Waals surface area contributed by atoms with Crippen molar-refractivity contribution in [3.05, 3.63) is 30.1 Å². The Bertz CT molecular complexity index is 528. The van der Waals surface area contributed by atoms with Gasteiger partial charge in [-0.05, 0) is 13.8 Å². The first-order chi connectivity index (χ1) is 8.38. The average molecular weight is 257 g/mol. The molecule has 0 atom stereocenters. The molecule has 0 saturated carbocycles. The molecule has 0 fully saturated rings. The third kappa shape index (κ3) is 2.53. The topological polar surface area (TPSA) is 68.8 Å². The van der Waals surface area contributed by atoms with Crippen molar-refractivity contribution in [2.45, 2.75) is 32.5 Å². The summed E-state index contributed by atoms with van der Waals surface area (Å²) in [6, 6.07) is 0. The molecule has 0 bridgehead atoms. The number of hydrogen-bond donors (Lipinski definition) is 1. The lowest BCUT2D eigenvalue weighted by Gasteiger charge is -2.11. The van der Waals surface area contributed by atoms with Crippen LogP contribution in [0.2, 0.25) is 0 Å². The van der Waals surface area contributed by atoms with Crippen molar-refractivity contribution in [3.63, 3.8) is 0 Å². The van der Waals surface area contributed by atoms with Crippen LogP contribution in [0.25, 0.3) is 0 Å². The van der Waals surface area contributed by atoms with E-state index in [0.29, 0.717) is 5.69 Å². The zero-order valence-corrected chi connectivity index (χ0v) is 9.96. The summed E-state index contributed by atoms with van der Waals surface area (Å²) in [6.07, 6.45) is 4.01. The molecule has 0 aliphatic carbocycles. The first-order valence-corrected chi connectivity index (χ1v) is 5.31. The molecule has 0 aromatic carbocycles. The quantitative estimate of drug-likeness (QED) is 0.892. The number of rotatable bonds is 4. The molecule has 18 heavy (non-hydrogen) atoms. The van der Waals surface area contributed by atoms with E-state index < -0.39 is 12.2 Å². The zero-order chi connectivity index (χ0) is 13.3. The standard InChI is InChI=1S/C10H13F2N5O/c1-10(2,18)7-5-16(15-14-7)6-8-13-3-4-17(8)9(11)12/h3-5,9,18H,6H2,1-2H3. The fraction of sp³-hybridized carbons (Fsp3) is 0.500. The second-order valence-corrected chi connectivity index (χ2v) is 4.39. The van der Waals surface area contributed by atoms with Crippen LogP contribution in [0.15, 0.2) is 18.6 Å². The van der Waals surface area contributed by atoms with Crippen molar-refractivity contribution in [1.29, 1.82) is 0 Å². The van der Waals surface area contributed by atoms with Gasteiger partial charge in [-0.1, -0.05) is 5.21 Å². The zero-order valence-electron chi connectivity index (χ0n) is 9.96. The van der Waals surface area contributed by atoms with Crippen LogP contribution in [0.1, 0.15) is 31.9 Å². The van der Waals surface area contributed by atoms with E-state index in [4.69, 9.17) is 0 Å². The van der Waals surface area contributed by atoms with Gasteiger partial charge in [0.25, 0.3) is 0 Å². The van der Waals surface area contributed by atoms with Gasteiger partial charge in [-0.15, -0.1) is 5.10 Å². The Kier molecular flexibility index (Phi) is 3.12. The molecule has 2 heterocycles. The highest BCUT2D eigenvalue weighted by Gasteiger charge is 2.20. The molecule has 0 amide bonds. The van der Waals surface area contributed by atoms with Gasteiger partial charge in [0.2, 0.25) is 0 Å². The molecule has 0 spiro atoms. The maximum atomic E-state index is 12.6. The highest BCUT2D eigenvalue weighted by Crippen LogP contribution is 2.17. The molecule has 1 N–H and O–H groups in total. The van der Waals surface area contributed by atoms with Crippen molar-refractivity contribution in [1.82, 2.24) is 24.5 Å². The van der Waals surface area contributed by atoms with Gasteiger partial charge in [-0.25, -0.2) is 9.67 Å². The molecule has 0 unspecified atom stereocenters. The van der Waals surface area contributed by atoms with E-state index in [2.05, 4.69) is 15.3 Å². The van der Waals surface area contributed by atoms with E-state index in [1.54, 1.807) is 13.8 Å². The molecule has 6 nitrogen and oxygen atoms in total. The van der Waals surface area contributed by atoms with Crippen LogP contribution in [-0.4, -0.2) is 29.7 Å². The summed E-state index contributed by atoms with van der Waals surface area (Å²) < 4.78 is 27.3. The number of nitrogens with zero attached hydrogens (tertiary/aromatic N) is 5. The average Bonchev–Trinajstić information content (AvgIpc) is 2.85. The summed E-state index contributed by atoms with van der Waals surface area (Å²) in [6.45, 7) is 0.573. The lowest BCUT2D eigenvalue weighted by atomic mass is 10.1. The first-order valence-electron chi connectivity index (χ1n) is 5.31. The minimum absolute atomic E-state index is 0.0699. The molecule has 0 saturated heterocycles. The van der Waals surface area contributed by atoms with Crippen molar-refractivity contribution < 1.29 is 13.9 Å². The first kappa shape index (κ1) is 12.6. The Morgan fingerprint density at radius 1 is 1.44 bits per heavy atom. The Balaban J connectivity index is 2.19. The second-order valence-electron chi connectivity index (χ2n) is 4.39. The van der Waals surface area contributed by atoms with E-state index in [1.165, 1.54) is 23.3 Å². The number of imidazole rings is 1. The normalized spacial score (nSPS) is 12.3. The summed E-state index contributed by atoms with van der Waals surface area (Å²) in [5.74, 6) is 0.178. The summed E-state index contributed by atoms with van der Waals surface area (Å²) in [7, 11) is 0. The molecular weight excluding hydrogens is 244 g/mol. The molecule has 2 aromatic heterocycles. The fourth-order valence-corrected chi connectivity index (χ4v) is 1.44. The van der Waals surface area contributed by atoms with Crippen molar-refractivity contribution in [2.75, 3.05) is 0 Å². The van der Waals surface area contributed by atoms with Crippen LogP contribution >= 0.6 is 0 Å². The number of alkyl halides is 2. The molecular formula is C10H13F2N5O. The maximum absolute atomic E-state index is 12.6. The van der Waals surface area contributed by atoms with Crippen molar-refractivity contribution in [3.8, 4) is 0 Å². The van der Waals surface area contributed by atoms with Gasteiger partial charge in [0, 0.05) is 12.4 Å². The molecule has 2 aromatic rings. The van der Waals surface area contributed by atoms with Crippen LogP contribution in [0.3, 0.4) is 0 Å². The van der Waals surface area contributed by atoms with Gasteiger partial charge in [-0.2, -0.15) is 8.78 Å². The molecule has 0 aliphatic rings. The summed E-state index contributed by atoms with van der Waals surface area (Å²) in [5, 5.41) is 17.3. The fourth-order valence-electron chi connectivity index (χ4n) is 1.44. The third-order valence-electron chi connectivity index (χ3n) is 2.43. The highest BCUT2D eigenvalue weighted by atomic mass is 19.3. The maximum Gasteiger partial charge on any atom is 0.319 e.